The van der Waals surface area contributed by atoms with Gasteiger partial charge in [-0.15, -0.1) is 11.3 Å². The van der Waals surface area contributed by atoms with E-state index in [1.165, 1.54) is 42.6 Å². The predicted octanol–water partition coefficient (Wildman–Crippen LogP) is 4.96. The van der Waals surface area contributed by atoms with Gasteiger partial charge in [-0.25, -0.2) is 0 Å². The number of aliphatic hydroxyl groups excluding tert-OH is 1. The molecule has 9 heteroatoms. The van der Waals surface area contributed by atoms with Crippen molar-refractivity contribution in [2.75, 3.05) is 27.4 Å². The molecule has 0 radical (unpaired) electrons. The molecule has 178 valence electrons. The zero-order valence-corrected chi connectivity index (χ0v) is 20.9. The maximum absolute atomic E-state index is 13.2. The number of aryl methyl sites for hydroxylation is 1. The molecule has 1 amide bonds. The molecule has 0 spiro atoms. The molecule has 7 nitrogen and oxygen atoms in total. The van der Waals surface area contributed by atoms with Gasteiger partial charge >= 0.3 is 0 Å². The lowest BCUT2D eigenvalue weighted by atomic mass is 9.97. The molecule has 0 aliphatic carbocycles. The number of carbonyl (C=O) groups excluding carboxylic acids is 2. The molecule has 1 atom stereocenters. The number of carbonyl (C=O) groups is 2. The van der Waals surface area contributed by atoms with Crippen molar-refractivity contribution in [2.24, 2.45) is 0 Å². The average molecular weight is 494 g/mol. The number of likely N-dealkylation sites (tertiary alicyclic amines) is 1. The number of Topliss-reactive ketones (excluding diaryl/α,β-unsaturated/α-hetero) is 1. The molecular weight excluding hydrogens is 466 g/mol. The van der Waals surface area contributed by atoms with Crippen molar-refractivity contribution in [3.8, 4) is 11.5 Å². The van der Waals surface area contributed by atoms with Crippen LogP contribution in [0.1, 0.15) is 42.3 Å². The second kappa shape index (κ2) is 10.6. The van der Waals surface area contributed by atoms with Crippen LogP contribution in [0, 0.1) is 6.92 Å². The zero-order chi connectivity index (χ0) is 24.3. The first-order valence-corrected chi connectivity index (χ1v) is 11.8. The molecule has 3 rings (SSSR count). The third kappa shape index (κ3) is 5.03. The van der Waals surface area contributed by atoms with Crippen LogP contribution in [0.2, 0.25) is 5.02 Å². The molecule has 2 aromatic rings. The van der Waals surface area contributed by atoms with Gasteiger partial charge in [-0.1, -0.05) is 11.6 Å². The SMILES string of the molecule is COc1cc(OC)c(/C(O)=C2\C(=O)C(=O)N(CCCOC(C)C)C2c2sccc2C)cc1Cl. The Kier molecular flexibility index (Phi) is 8.05. The summed E-state index contributed by atoms with van der Waals surface area (Å²) in [5.41, 5.74) is 1.15. The minimum absolute atomic E-state index is 0.00913. The van der Waals surface area contributed by atoms with Gasteiger partial charge in [-0.2, -0.15) is 0 Å². The minimum atomic E-state index is -0.746. The van der Waals surface area contributed by atoms with Crippen LogP contribution >= 0.6 is 22.9 Å². The first kappa shape index (κ1) is 25.1. The highest BCUT2D eigenvalue weighted by atomic mass is 35.5. The summed E-state index contributed by atoms with van der Waals surface area (Å²) in [5, 5.41) is 13.5. The maximum atomic E-state index is 13.2. The van der Waals surface area contributed by atoms with Crippen molar-refractivity contribution < 1.29 is 28.9 Å². The summed E-state index contributed by atoms with van der Waals surface area (Å²) in [5.74, 6) is -1.11. The number of ketones is 1. The summed E-state index contributed by atoms with van der Waals surface area (Å²) in [6, 6.07) is 4.21. The van der Waals surface area contributed by atoms with E-state index in [9.17, 15) is 14.7 Å². The van der Waals surface area contributed by atoms with Crippen LogP contribution in [0.15, 0.2) is 29.2 Å². The van der Waals surface area contributed by atoms with Crippen LogP contribution in [-0.2, 0) is 14.3 Å². The molecule has 1 N–H and O–H groups in total. The van der Waals surface area contributed by atoms with Crippen molar-refractivity contribution in [3.05, 3.63) is 50.2 Å². The first-order valence-electron chi connectivity index (χ1n) is 10.6. The van der Waals surface area contributed by atoms with E-state index >= 15 is 0 Å². The smallest absolute Gasteiger partial charge is 0.295 e. The number of methoxy groups -OCH3 is 2. The predicted molar refractivity (Wildman–Crippen MR) is 128 cm³/mol. The number of thiophene rings is 1. The number of aliphatic hydroxyl groups is 1. The van der Waals surface area contributed by atoms with E-state index < -0.39 is 17.7 Å². The highest BCUT2D eigenvalue weighted by Gasteiger charge is 2.47. The van der Waals surface area contributed by atoms with Crippen molar-refractivity contribution in [3.63, 3.8) is 0 Å². The average Bonchev–Trinajstić information content (AvgIpc) is 3.31. The molecular formula is C24H28ClNO6S. The van der Waals surface area contributed by atoms with Crippen molar-refractivity contribution >= 4 is 40.4 Å². The molecule has 33 heavy (non-hydrogen) atoms. The lowest BCUT2D eigenvalue weighted by molar-refractivity contribution is -0.140. The molecule has 1 saturated heterocycles. The molecule has 1 aromatic heterocycles. The number of benzene rings is 1. The van der Waals surface area contributed by atoms with E-state index in [2.05, 4.69) is 0 Å². The maximum Gasteiger partial charge on any atom is 0.295 e. The number of nitrogens with zero attached hydrogens (tertiary/aromatic N) is 1. The molecule has 1 aliphatic heterocycles. The topological polar surface area (TPSA) is 85.3 Å². The van der Waals surface area contributed by atoms with Gasteiger partial charge in [0, 0.05) is 24.1 Å². The van der Waals surface area contributed by atoms with Gasteiger partial charge in [-0.3, -0.25) is 9.59 Å². The van der Waals surface area contributed by atoms with Crippen LogP contribution in [-0.4, -0.2) is 55.2 Å². The van der Waals surface area contributed by atoms with Crippen LogP contribution in [0.25, 0.3) is 5.76 Å². The van der Waals surface area contributed by atoms with Crippen LogP contribution in [0.4, 0.5) is 0 Å². The Balaban J connectivity index is 2.11. The van der Waals surface area contributed by atoms with Gasteiger partial charge in [0.25, 0.3) is 11.7 Å². The van der Waals surface area contributed by atoms with Gasteiger partial charge < -0.3 is 24.2 Å². The van der Waals surface area contributed by atoms with Gasteiger partial charge in [0.1, 0.15) is 17.3 Å². The molecule has 1 aromatic carbocycles. The number of ether oxygens (including phenoxy) is 3. The Morgan fingerprint density at radius 2 is 1.91 bits per heavy atom. The first-order chi connectivity index (χ1) is 15.7. The molecule has 0 saturated carbocycles. The standard InChI is InChI=1S/C24H28ClNO6S/c1-13(2)32-9-6-8-26-20(23-14(3)7-10-33-23)19(22(28)24(26)29)21(27)15-11-16(25)18(31-5)12-17(15)30-4/h7,10-13,20,27H,6,8-9H2,1-5H3/b21-19+. The lowest BCUT2D eigenvalue weighted by Gasteiger charge is -2.25. The van der Waals surface area contributed by atoms with Gasteiger partial charge in [0.15, 0.2) is 0 Å². The molecule has 2 heterocycles. The largest absolute Gasteiger partial charge is 0.507 e. The zero-order valence-electron chi connectivity index (χ0n) is 19.3. The van der Waals surface area contributed by atoms with E-state index in [0.717, 1.165) is 10.4 Å². The lowest BCUT2D eigenvalue weighted by Crippen LogP contribution is -2.31. The fourth-order valence-corrected chi connectivity index (χ4v) is 5.08. The second-order valence-corrected chi connectivity index (χ2v) is 9.28. The van der Waals surface area contributed by atoms with Crippen molar-refractivity contribution in [2.45, 2.75) is 39.3 Å². The Morgan fingerprint density at radius 1 is 1.21 bits per heavy atom. The number of hydrogen-bond acceptors (Lipinski definition) is 7. The number of halogens is 1. The Labute approximate surface area is 202 Å². The molecule has 1 aliphatic rings. The number of rotatable bonds is 9. The van der Waals surface area contributed by atoms with Gasteiger partial charge in [0.05, 0.1) is 42.5 Å². The third-order valence-corrected chi connectivity index (χ3v) is 6.78. The van der Waals surface area contributed by atoms with Crippen LogP contribution < -0.4 is 9.47 Å². The summed E-state index contributed by atoms with van der Waals surface area (Å²) >= 11 is 7.72. The summed E-state index contributed by atoms with van der Waals surface area (Å²) in [6.07, 6.45) is 0.632. The summed E-state index contributed by atoms with van der Waals surface area (Å²) < 4.78 is 16.2. The normalized spacial score (nSPS) is 17.8. The fraction of sp³-hybridized carbons (Fsp3) is 0.417. The molecule has 0 bridgehead atoms. The molecule has 1 fully saturated rings. The number of hydrogen-bond donors (Lipinski definition) is 1. The highest BCUT2D eigenvalue weighted by molar-refractivity contribution is 7.10. The quantitative estimate of drug-likeness (QED) is 0.230. The van der Waals surface area contributed by atoms with E-state index in [1.807, 2.05) is 32.2 Å². The van der Waals surface area contributed by atoms with Gasteiger partial charge in [-0.05, 0) is 50.3 Å². The van der Waals surface area contributed by atoms with Gasteiger partial charge in [0.2, 0.25) is 0 Å². The third-order valence-electron chi connectivity index (χ3n) is 5.41. The van der Waals surface area contributed by atoms with Crippen molar-refractivity contribution in [1.29, 1.82) is 0 Å². The Hall–Kier alpha value is -2.55. The number of amides is 1. The summed E-state index contributed by atoms with van der Waals surface area (Å²) in [6.45, 7) is 6.57. The van der Waals surface area contributed by atoms with E-state index in [1.54, 1.807) is 0 Å². The van der Waals surface area contributed by atoms with E-state index in [-0.39, 0.29) is 33.8 Å². The van der Waals surface area contributed by atoms with E-state index in [4.69, 9.17) is 25.8 Å². The monoisotopic (exact) mass is 493 g/mol. The van der Waals surface area contributed by atoms with Crippen LogP contribution in [0.3, 0.4) is 0 Å². The molecule has 1 unspecified atom stereocenters. The second-order valence-electron chi connectivity index (χ2n) is 7.92. The minimum Gasteiger partial charge on any atom is -0.507 e. The van der Waals surface area contributed by atoms with E-state index in [0.29, 0.717) is 25.3 Å². The summed E-state index contributed by atoms with van der Waals surface area (Å²) in [4.78, 5) is 28.5. The fourth-order valence-electron chi connectivity index (χ4n) is 3.79. The Bertz CT molecular complexity index is 1080. The Morgan fingerprint density at radius 3 is 2.48 bits per heavy atom. The highest BCUT2D eigenvalue weighted by Crippen LogP contribution is 2.45. The summed E-state index contributed by atoms with van der Waals surface area (Å²) in [7, 11) is 2.90. The van der Waals surface area contributed by atoms with Crippen molar-refractivity contribution in [1.82, 2.24) is 4.90 Å². The van der Waals surface area contributed by atoms with Crippen LogP contribution in [0.5, 0.6) is 11.5 Å².